The van der Waals surface area contributed by atoms with Crippen LogP contribution in [0.1, 0.15) is 38.5 Å². The molecule has 1 N–H and O–H groups in total. The first-order valence-electron chi connectivity index (χ1n) is 23.0. The SMILES string of the molecule is COc1ccccc1-c1csc2nc(N3C4CCC3COC4)nc(N3C4CCC3COC4)c12.COc1ccccc1-c1csc2nc(N3CCNC(=O)C3)nc(N3C4CCC3COC4)c12. The van der Waals surface area contributed by atoms with E-state index in [4.69, 9.17) is 43.6 Å². The number of aromatic nitrogens is 4. The molecule has 7 saturated heterocycles. The monoisotopic (exact) mass is 915 g/mol. The van der Waals surface area contributed by atoms with E-state index in [9.17, 15) is 4.79 Å². The average Bonchev–Trinajstić information content (AvgIpc) is 4.14. The number of carbonyl (C=O) groups is 1. The molecule has 7 aliphatic heterocycles. The summed E-state index contributed by atoms with van der Waals surface area (Å²) >= 11 is 3.32. The predicted molar refractivity (Wildman–Crippen MR) is 254 cm³/mol. The van der Waals surface area contributed by atoms with E-state index >= 15 is 0 Å². The van der Waals surface area contributed by atoms with E-state index in [2.05, 4.69) is 49.0 Å². The molecule has 11 heterocycles. The number of thiophene rings is 2. The van der Waals surface area contributed by atoms with E-state index in [1.807, 2.05) is 35.2 Å². The van der Waals surface area contributed by atoms with Crippen molar-refractivity contribution >= 4 is 72.5 Å². The molecule has 6 atom stereocenters. The molecule has 17 heteroatoms. The number of piperazine rings is 1. The van der Waals surface area contributed by atoms with Crippen molar-refractivity contribution in [2.75, 3.05) is 93.1 Å². The quantitative estimate of drug-likeness (QED) is 0.172. The highest BCUT2D eigenvalue weighted by Gasteiger charge is 2.44. The number of benzene rings is 2. The summed E-state index contributed by atoms with van der Waals surface area (Å²) < 4.78 is 29.0. The van der Waals surface area contributed by atoms with Gasteiger partial charge in [0.15, 0.2) is 0 Å². The van der Waals surface area contributed by atoms with E-state index < -0.39 is 0 Å². The predicted octanol–water partition coefficient (Wildman–Crippen LogP) is 6.77. The maximum atomic E-state index is 12.0. The van der Waals surface area contributed by atoms with Gasteiger partial charge in [-0.05, 0) is 50.7 Å². The van der Waals surface area contributed by atoms with Crippen molar-refractivity contribution in [2.45, 2.75) is 74.8 Å². The number of amides is 1. The number of hydrogen-bond donors (Lipinski definition) is 1. The zero-order valence-electron chi connectivity index (χ0n) is 36.7. The molecule has 0 spiro atoms. The maximum absolute atomic E-state index is 12.0. The molecular formula is C48H53N9O6S2. The summed E-state index contributed by atoms with van der Waals surface area (Å²) in [5.41, 5.74) is 4.38. The fourth-order valence-electron chi connectivity index (χ4n) is 11.3. The summed E-state index contributed by atoms with van der Waals surface area (Å²) in [4.78, 5) is 43.9. The number of anilines is 4. The number of para-hydroxylation sites is 2. The van der Waals surface area contributed by atoms with Gasteiger partial charge in [-0.25, -0.2) is 9.97 Å². The highest BCUT2D eigenvalue weighted by atomic mass is 32.1. The second kappa shape index (κ2) is 17.1. The standard InChI is InChI=1S/C25H28N4O3S.C23H25N5O3S/c1-30-21-5-3-2-4-19(21)20-14-33-24-22(20)23(28-15-6-7-16(28)11-31-10-15)26-25(27-24)29-17-8-9-18(29)13-32-12-17;1-30-18-5-3-2-4-16(18)17-13-32-22-20(17)21(28-14-6-7-15(28)12-31-11-14)25-23(26-22)27-9-8-24-19(29)10-27/h2-5,14-18H,6-13H2,1H3;2-5,13-15H,6-12H2,1H3,(H,24,29). The van der Waals surface area contributed by atoms with Gasteiger partial charge in [-0.3, -0.25) is 4.79 Å². The molecule has 0 saturated carbocycles. The van der Waals surface area contributed by atoms with Crippen molar-refractivity contribution in [3.8, 4) is 33.8 Å². The molecule has 15 nitrogen and oxygen atoms in total. The molecule has 0 radical (unpaired) electrons. The van der Waals surface area contributed by atoms with E-state index in [-0.39, 0.29) is 12.5 Å². The van der Waals surface area contributed by atoms with Gasteiger partial charge in [-0.2, -0.15) is 9.97 Å². The van der Waals surface area contributed by atoms with Crippen LogP contribution in [0.15, 0.2) is 59.3 Å². The van der Waals surface area contributed by atoms with Gasteiger partial charge in [-0.1, -0.05) is 36.4 Å². The topological polar surface area (TPSA) is 140 Å². The minimum atomic E-state index is 0.00818. The number of methoxy groups -OCH3 is 2. The maximum Gasteiger partial charge on any atom is 0.239 e. The molecule has 2 aromatic carbocycles. The van der Waals surface area contributed by atoms with Crippen molar-refractivity contribution in [1.82, 2.24) is 25.3 Å². The Hall–Kier alpha value is -5.33. The number of hydrogen-bond acceptors (Lipinski definition) is 16. The first-order chi connectivity index (χ1) is 32.0. The Morgan fingerprint density at radius 2 is 1.00 bits per heavy atom. The van der Waals surface area contributed by atoms with Crippen LogP contribution in [0, 0.1) is 0 Å². The first kappa shape index (κ1) is 41.1. The summed E-state index contributed by atoms with van der Waals surface area (Å²) in [7, 11) is 3.44. The molecule has 1 amide bonds. The largest absolute Gasteiger partial charge is 0.496 e. The Balaban J connectivity index is 0.000000137. The third-order valence-corrected chi connectivity index (χ3v) is 16.1. The normalized spacial score (nSPS) is 25.8. The van der Waals surface area contributed by atoms with Crippen LogP contribution < -0.4 is 34.4 Å². The van der Waals surface area contributed by atoms with Crippen LogP contribution in [-0.4, -0.2) is 136 Å². The molecule has 6 unspecified atom stereocenters. The number of morpholine rings is 3. The molecule has 0 aliphatic carbocycles. The number of fused-ring (bicyclic) bond motifs is 8. The lowest BCUT2D eigenvalue weighted by Gasteiger charge is -2.38. The number of ether oxygens (including phenoxy) is 5. The van der Waals surface area contributed by atoms with Crippen LogP contribution in [0.5, 0.6) is 11.5 Å². The zero-order valence-corrected chi connectivity index (χ0v) is 38.3. The van der Waals surface area contributed by atoms with E-state index in [1.165, 1.54) is 0 Å². The van der Waals surface area contributed by atoms with Crippen molar-refractivity contribution in [3.05, 3.63) is 59.3 Å². The summed E-state index contributed by atoms with van der Waals surface area (Å²) in [6, 6.07) is 18.5. The van der Waals surface area contributed by atoms with Gasteiger partial charge >= 0.3 is 0 Å². The fraction of sp³-hybridized carbons (Fsp3) is 0.479. The molecule has 7 aliphatic rings. The Morgan fingerprint density at radius 3 is 1.46 bits per heavy atom. The Bertz CT molecular complexity index is 2700. The zero-order chi connectivity index (χ0) is 43.6. The summed E-state index contributed by atoms with van der Waals surface area (Å²) in [5.74, 6) is 5.24. The minimum absolute atomic E-state index is 0.00818. The number of nitrogens with zero attached hydrogens (tertiary/aromatic N) is 8. The van der Waals surface area contributed by atoms with Crippen molar-refractivity contribution in [1.29, 1.82) is 0 Å². The summed E-state index contributed by atoms with van der Waals surface area (Å²) in [5, 5.41) is 9.46. The minimum Gasteiger partial charge on any atom is -0.496 e. The third kappa shape index (κ3) is 7.21. The third-order valence-electron chi connectivity index (χ3n) is 14.4. The van der Waals surface area contributed by atoms with Gasteiger partial charge in [0.25, 0.3) is 0 Å². The summed E-state index contributed by atoms with van der Waals surface area (Å²) in [6.45, 7) is 6.12. The Labute approximate surface area is 385 Å². The molecule has 13 rings (SSSR count). The molecule has 6 aromatic rings. The molecule has 6 bridgehead atoms. The van der Waals surface area contributed by atoms with Gasteiger partial charge < -0.3 is 48.6 Å². The van der Waals surface area contributed by atoms with Gasteiger partial charge in [0.05, 0.1) is 107 Å². The van der Waals surface area contributed by atoms with Gasteiger partial charge in [0, 0.05) is 46.1 Å². The number of carbonyl (C=O) groups excluding carboxylic acids is 1. The van der Waals surface area contributed by atoms with Crippen molar-refractivity contribution in [3.63, 3.8) is 0 Å². The molecule has 4 aromatic heterocycles. The van der Waals surface area contributed by atoms with Gasteiger partial charge in [0.2, 0.25) is 17.8 Å². The lowest BCUT2D eigenvalue weighted by Crippen LogP contribution is -2.49. The smallest absolute Gasteiger partial charge is 0.239 e. The van der Waals surface area contributed by atoms with E-state index in [0.717, 1.165) is 150 Å². The highest BCUT2D eigenvalue weighted by Crippen LogP contribution is 2.48. The lowest BCUT2D eigenvalue weighted by atomic mass is 10.0. The van der Waals surface area contributed by atoms with E-state index in [1.54, 1.807) is 36.9 Å². The van der Waals surface area contributed by atoms with Crippen LogP contribution >= 0.6 is 22.7 Å². The second-order valence-corrected chi connectivity index (χ2v) is 19.7. The lowest BCUT2D eigenvalue weighted by molar-refractivity contribution is -0.120. The number of nitrogens with one attached hydrogen (secondary N) is 1. The first-order valence-corrected chi connectivity index (χ1v) is 24.8. The molecule has 338 valence electrons. The molecule has 7 fully saturated rings. The van der Waals surface area contributed by atoms with Gasteiger partial charge in [-0.15, -0.1) is 22.7 Å². The fourth-order valence-corrected chi connectivity index (χ4v) is 13.2. The van der Waals surface area contributed by atoms with Crippen molar-refractivity contribution in [2.24, 2.45) is 0 Å². The van der Waals surface area contributed by atoms with Crippen LogP contribution in [0.2, 0.25) is 0 Å². The molecule has 65 heavy (non-hydrogen) atoms. The Morgan fingerprint density at radius 1 is 0.569 bits per heavy atom. The average molecular weight is 916 g/mol. The van der Waals surface area contributed by atoms with Crippen LogP contribution in [0.25, 0.3) is 42.7 Å². The van der Waals surface area contributed by atoms with E-state index in [0.29, 0.717) is 55.3 Å². The van der Waals surface area contributed by atoms with Crippen LogP contribution in [0.4, 0.5) is 23.5 Å². The van der Waals surface area contributed by atoms with Crippen molar-refractivity contribution < 1.29 is 28.5 Å². The molecular weight excluding hydrogens is 863 g/mol. The number of rotatable bonds is 8. The summed E-state index contributed by atoms with van der Waals surface area (Å²) in [6.07, 6.45) is 6.82. The van der Waals surface area contributed by atoms with Gasteiger partial charge in [0.1, 0.15) is 32.8 Å². The second-order valence-electron chi connectivity index (χ2n) is 18.0. The van der Waals surface area contributed by atoms with Crippen LogP contribution in [0.3, 0.4) is 0 Å². The highest BCUT2D eigenvalue weighted by molar-refractivity contribution is 7.17. The van der Waals surface area contributed by atoms with Crippen LogP contribution in [-0.2, 0) is 19.0 Å². The Kier molecular flexibility index (Phi) is 10.9.